The summed E-state index contributed by atoms with van der Waals surface area (Å²) in [6.45, 7) is 0. The lowest BCUT2D eigenvalue weighted by Gasteiger charge is -2.37. The van der Waals surface area contributed by atoms with Gasteiger partial charge in [0, 0.05) is 32.6 Å². The van der Waals surface area contributed by atoms with Crippen LogP contribution in [0.15, 0.2) is 0 Å². The minimum absolute atomic E-state index is 0. The first kappa shape index (κ1) is 23.5. The van der Waals surface area contributed by atoms with E-state index in [1.807, 2.05) is 0 Å². The van der Waals surface area contributed by atoms with Gasteiger partial charge in [0.1, 0.15) is 5.60 Å². The van der Waals surface area contributed by atoms with Gasteiger partial charge in [0.2, 0.25) is 0 Å². The highest BCUT2D eigenvalue weighted by molar-refractivity contribution is 9.12. The molecule has 19 heavy (non-hydrogen) atoms. The van der Waals surface area contributed by atoms with E-state index in [9.17, 15) is 4.57 Å². The maximum Gasteiger partial charge on any atom is 0.470 e. The second kappa shape index (κ2) is 10.9. The zero-order valence-corrected chi connectivity index (χ0v) is 17.9. The van der Waals surface area contributed by atoms with Crippen LogP contribution in [0.2, 0.25) is 0 Å². The Morgan fingerprint density at radius 1 is 1.26 bits per heavy atom. The van der Waals surface area contributed by atoms with Crippen molar-refractivity contribution in [1.82, 2.24) is 6.15 Å². The summed E-state index contributed by atoms with van der Waals surface area (Å²) < 4.78 is 16.1. The van der Waals surface area contributed by atoms with Crippen LogP contribution in [-0.2, 0) is 9.09 Å². The lowest BCUT2D eigenvalue weighted by Crippen LogP contribution is -2.45. The van der Waals surface area contributed by atoms with E-state index in [2.05, 4.69) is 63.7 Å². The van der Waals surface area contributed by atoms with Gasteiger partial charge in [0.05, 0.1) is 0 Å². The third kappa shape index (κ3) is 8.47. The molecule has 0 rings (SSSR count). The molecule has 0 aliphatic carbocycles. The normalized spacial score (nSPS) is 15.7. The molecule has 0 radical (unpaired) electrons. The molecule has 11 heteroatoms. The number of hydrogen-bond donors (Lipinski definition) is 3. The average molecular weight is 577 g/mol. The third-order valence-corrected chi connectivity index (χ3v) is 7.61. The van der Waals surface area contributed by atoms with Crippen molar-refractivity contribution in [3.05, 3.63) is 0 Å². The van der Waals surface area contributed by atoms with Gasteiger partial charge in [-0.3, -0.25) is 4.52 Å². The van der Waals surface area contributed by atoms with Gasteiger partial charge in [-0.25, -0.2) is 4.57 Å². The summed E-state index contributed by atoms with van der Waals surface area (Å²) in [4.78, 5) is 18.2. The summed E-state index contributed by atoms with van der Waals surface area (Å²) in [5, 5.41) is 1.27. The van der Waals surface area contributed by atoms with Gasteiger partial charge < -0.3 is 15.9 Å². The van der Waals surface area contributed by atoms with Gasteiger partial charge in [-0.2, -0.15) is 0 Å². The van der Waals surface area contributed by atoms with Crippen molar-refractivity contribution < 1.29 is 18.9 Å². The predicted octanol–water partition coefficient (Wildman–Crippen LogP) is 4.19. The average Bonchev–Trinajstić information content (AvgIpc) is 2.31. The number of alkyl halides is 5. The Morgan fingerprint density at radius 2 is 1.74 bits per heavy atom. The highest BCUT2D eigenvalue weighted by Gasteiger charge is 2.43. The first-order valence-electron chi connectivity index (χ1n) is 4.89. The molecule has 0 saturated carbocycles. The molecule has 0 aromatic rings. The monoisotopic (exact) mass is 573 g/mol. The molecule has 0 spiro atoms. The summed E-state index contributed by atoms with van der Waals surface area (Å²) in [6.07, 6.45) is 0.631. The van der Waals surface area contributed by atoms with Crippen molar-refractivity contribution in [3.63, 3.8) is 0 Å². The smallest absolute Gasteiger partial charge is 0.344 e. The maximum absolute atomic E-state index is 11.1. The van der Waals surface area contributed by atoms with Crippen molar-refractivity contribution in [2.75, 3.05) is 21.9 Å². The Kier molecular flexibility index (Phi) is 13.5. The number of rotatable bonds is 9. The van der Waals surface area contributed by atoms with E-state index in [0.29, 0.717) is 6.42 Å². The molecule has 2 atom stereocenters. The lowest BCUT2D eigenvalue weighted by atomic mass is 9.89. The zero-order valence-electron chi connectivity index (χ0n) is 9.95. The first-order chi connectivity index (χ1) is 8.24. The Bertz CT molecular complexity index is 292. The number of hydrogen-bond acceptors (Lipinski definition) is 3. The van der Waals surface area contributed by atoms with Crippen LogP contribution in [-0.4, -0.2) is 42.1 Å². The number of phosphoric acid groups is 1. The first-order valence-corrected chi connectivity index (χ1v) is 11.2. The quantitative estimate of drug-likeness (QED) is 0.282. The minimum atomic E-state index is -4.58. The standard InChI is InChI=1S/C8H14Br4ClO4P.H3N/c9-2-7(12)1-6(3-13)8(4-10,5-11)17-18(14,15)16;/h6-7H,1-5H2,(H2,14,15,16);1H3. The molecule has 0 aromatic carbocycles. The molecule has 5 nitrogen and oxygen atoms in total. The van der Waals surface area contributed by atoms with Gasteiger partial charge in [0.25, 0.3) is 0 Å². The topological polar surface area (TPSA) is 102 Å². The van der Waals surface area contributed by atoms with Crippen LogP contribution in [0.25, 0.3) is 0 Å². The van der Waals surface area contributed by atoms with Crippen molar-refractivity contribution in [2.45, 2.75) is 16.8 Å². The van der Waals surface area contributed by atoms with Crippen molar-refractivity contribution >= 4 is 83.1 Å². The fourth-order valence-corrected chi connectivity index (χ4v) is 5.71. The van der Waals surface area contributed by atoms with E-state index in [1.165, 1.54) is 0 Å². The lowest BCUT2D eigenvalue weighted by molar-refractivity contribution is 0.0295. The largest absolute Gasteiger partial charge is 0.470 e. The SMILES string of the molecule is N.O=P(O)(O)OC(CBr)(CBr)C(CCl)CC(Br)CBr. The molecule has 0 aliphatic heterocycles. The Labute approximate surface area is 151 Å². The summed E-state index contributed by atoms with van der Waals surface area (Å²) in [5.41, 5.74) is -1.05. The molecule has 0 bridgehead atoms. The van der Waals surface area contributed by atoms with E-state index < -0.39 is 13.4 Å². The molecule has 2 unspecified atom stereocenters. The van der Waals surface area contributed by atoms with Crippen molar-refractivity contribution in [2.24, 2.45) is 5.92 Å². The molecule has 0 aromatic heterocycles. The molecule has 0 aliphatic rings. The minimum Gasteiger partial charge on any atom is -0.344 e. The third-order valence-electron chi connectivity index (χ3n) is 2.39. The Morgan fingerprint density at radius 3 is 2.00 bits per heavy atom. The maximum atomic E-state index is 11.1. The molecule has 0 heterocycles. The fraction of sp³-hybridized carbons (Fsp3) is 1.00. The highest BCUT2D eigenvalue weighted by Crippen LogP contribution is 2.47. The summed E-state index contributed by atoms with van der Waals surface area (Å²) in [5.74, 6) is 0.0271. The Hall–Kier alpha value is 2.28. The Balaban J connectivity index is 0. The summed E-state index contributed by atoms with van der Waals surface area (Å²) in [7, 11) is -4.58. The van der Waals surface area contributed by atoms with Gasteiger partial charge in [-0.15, -0.1) is 11.6 Å². The second-order valence-corrected chi connectivity index (χ2v) is 8.29. The van der Waals surface area contributed by atoms with E-state index >= 15 is 0 Å². The van der Waals surface area contributed by atoms with E-state index in [1.54, 1.807) is 0 Å². The second-order valence-electron chi connectivity index (χ2n) is 3.75. The molecular weight excluding hydrogens is 560 g/mol. The van der Waals surface area contributed by atoms with Gasteiger partial charge in [-0.05, 0) is 6.42 Å². The molecule has 0 saturated heterocycles. The fourth-order valence-electron chi connectivity index (χ4n) is 1.40. The van der Waals surface area contributed by atoms with Gasteiger partial charge in [0.15, 0.2) is 0 Å². The summed E-state index contributed by atoms with van der Waals surface area (Å²) in [6, 6.07) is 0. The van der Waals surface area contributed by atoms with Gasteiger partial charge in [-0.1, -0.05) is 63.7 Å². The van der Waals surface area contributed by atoms with Crippen LogP contribution >= 0.6 is 83.1 Å². The van der Waals surface area contributed by atoms with Crippen molar-refractivity contribution in [1.29, 1.82) is 0 Å². The predicted molar refractivity (Wildman–Crippen MR) is 93.8 cm³/mol. The number of halogens is 5. The van der Waals surface area contributed by atoms with E-state index in [-0.39, 0.29) is 33.4 Å². The molecule has 5 N–H and O–H groups in total. The van der Waals surface area contributed by atoms with Crippen LogP contribution in [0.4, 0.5) is 0 Å². The van der Waals surface area contributed by atoms with Crippen LogP contribution in [0.5, 0.6) is 0 Å². The van der Waals surface area contributed by atoms with Crippen LogP contribution < -0.4 is 6.15 Å². The molecule has 0 amide bonds. The van der Waals surface area contributed by atoms with Crippen LogP contribution in [0, 0.1) is 5.92 Å². The van der Waals surface area contributed by atoms with E-state index in [4.69, 9.17) is 25.9 Å². The highest BCUT2D eigenvalue weighted by atomic mass is 79.9. The van der Waals surface area contributed by atoms with Gasteiger partial charge >= 0.3 is 7.82 Å². The van der Waals surface area contributed by atoms with Crippen LogP contribution in [0.1, 0.15) is 6.42 Å². The molecular formula is C8H17Br4ClNO4P. The van der Waals surface area contributed by atoms with E-state index in [0.717, 1.165) is 5.33 Å². The van der Waals surface area contributed by atoms with Crippen molar-refractivity contribution in [3.8, 4) is 0 Å². The zero-order chi connectivity index (χ0) is 14.4. The molecule has 118 valence electrons. The summed E-state index contributed by atoms with van der Waals surface area (Å²) >= 11 is 19.2. The number of phosphoric ester groups is 1. The van der Waals surface area contributed by atoms with Crippen LogP contribution in [0.3, 0.4) is 0 Å². The molecule has 0 fully saturated rings.